The van der Waals surface area contributed by atoms with Crippen LogP contribution in [0, 0.1) is 11.8 Å². The molecule has 27 heavy (non-hydrogen) atoms. The third-order valence-corrected chi connectivity index (χ3v) is 5.45. The molecule has 1 heterocycles. The summed E-state index contributed by atoms with van der Waals surface area (Å²) in [6, 6.07) is 19.8. The minimum Gasteiger partial charge on any atom is -0.478 e. The molecule has 138 valence electrons. The molecule has 0 aromatic heterocycles. The molecule has 2 aromatic rings. The lowest BCUT2D eigenvalue weighted by Gasteiger charge is -2.34. The molecule has 2 aliphatic rings. The minimum absolute atomic E-state index is 0.154. The fourth-order valence-electron chi connectivity index (χ4n) is 3.82. The Balaban J connectivity index is 1.79. The molecule has 2 aromatic carbocycles. The number of benzene rings is 2. The first-order valence-corrected chi connectivity index (χ1v) is 9.53. The van der Waals surface area contributed by atoms with Gasteiger partial charge in [0.25, 0.3) is 0 Å². The van der Waals surface area contributed by atoms with Gasteiger partial charge in [0.2, 0.25) is 0 Å². The van der Waals surface area contributed by atoms with Crippen molar-refractivity contribution >= 4 is 5.90 Å². The maximum absolute atomic E-state index is 12.0. The van der Waals surface area contributed by atoms with Crippen molar-refractivity contribution < 1.29 is 9.84 Å². The zero-order valence-corrected chi connectivity index (χ0v) is 15.7. The first-order chi connectivity index (χ1) is 13.1. The smallest absolute Gasteiger partial charge is 0.195 e. The van der Waals surface area contributed by atoms with Gasteiger partial charge in [0, 0.05) is 0 Å². The summed E-state index contributed by atoms with van der Waals surface area (Å²) in [5.41, 5.74) is 1.33. The van der Waals surface area contributed by atoms with Crippen LogP contribution in [-0.4, -0.2) is 23.7 Å². The van der Waals surface area contributed by atoms with Crippen molar-refractivity contribution in [3.05, 3.63) is 95.6 Å². The van der Waals surface area contributed by atoms with Gasteiger partial charge in [-0.3, -0.25) is 0 Å². The third kappa shape index (κ3) is 3.13. The van der Waals surface area contributed by atoms with E-state index in [2.05, 4.69) is 19.9 Å². The van der Waals surface area contributed by atoms with Crippen LogP contribution in [0.5, 0.6) is 0 Å². The SMILES string of the molecule is CC(C)[C@H]1COC(C2C=CC=C2C(O)(c2ccccc2)c2ccccc2)=N1. The summed E-state index contributed by atoms with van der Waals surface area (Å²) >= 11 is 0. The van der Waals surface area contributed by atoms with Gasteiger partial charge in [0.05, 0.1) is 12.0 Å². The van der Waals surface area contributed by atoms with Gasteiger partial charge >= 0.3 is 0 Å². The summed E-state index contributed by atoms with van der Waals surface area (Å²) in [5.74, 6) is 0.987. The van der Waals surface area contributed by atoms with E-state index in [1.807, 2.05) is 72.8 Å². The second-order valence-electron chi connectivity index (χ2n) is 7.52. The average molecular weight is 359 g/mol. The molecule has 0 saturated heterocycles. The molecule has 0 bridgehead atoms. The van der Waals surface area contributed by atoms with Gasteiger partial charge in [0.15, 0.2) is 5.90 Å². The van der Waals surface area contributed by atoms with Crippen LogP contribution >= 0.6 is 0 Å². The van der Waals surface area contributed by atoms with E-state index >= 15 is 0 Å². The largest absolute Gasteiger partial charge is 0.478 e. The molecular weight excluding hydrogens is 334 g/mol. The molecule has 0 spiro atoms. The molecule has 0 saturated carbocycles. The van der Waals surface area contributed by atoms with Crippen molar-refractivity contribution in [2.45, 2.75) is 25.5 Å². The third-order valence-electron chi connectivity index (χ3n) is 5.45. The predicted molar refractivity (Wildman–Crippen MR) is 109 cm³/mol. The van der Waals surface area contributed by atoms with Crippen molar-refractivity contribution in [1.82, 2.24) is 0 Å². The maximum Gasteiger partial charge on any atom is 0.195 e. The first kappa shape index (κ1) is 17.7. The molecular formula is C24H25NO2. The lowest BCUT2D eigenvalue weighted by Crippen LogP contribution is -2.34. The fraction of sp³-hybridized carbons (Fsp3) is 0.292. The number of rotatable bonds is 5. The lowest BCUT2D eigenvalue weighted by atomic mass is 9.76. The van der Waals surface area contributed by atoms with E-state index in [0.717, 1.165) is 16.7 Å². The van der Waals surface area contributed by atoms with Gasteiger partial charge < -0.3 is 9.84 Å². The molecule has 1 aliphatic carbocycles. The van der Waals surface area contributed by atoms with E-state index in [1.165, 1.54) is 0 Å². The number of aliphatic hydroxyl groups is 1. The highest BCUT2D eigenvalue weighted by atomic mass is 16.5. The molecule has 1 aliphatic heterocycles. The molecule has 0 radical (unpaired) electrons. The van der Waals surface area contributed by atoms with Crippen LogP contribution in [0.25, 0.3) is 0 Å². The van der Waals surface area contributed by atoms with Gasteiger partial charge in [-0.15, -0.1) is 0 Å². The molecule has 0 fully saturated rings. The standard InChI is InChI=1S/C24H25NO2/c1-17(2)22-16-27-23(25-22)20-14-9-15-21(20)24(26,18-10-5-3-6-11-18)19-12-7-4-8-13-19/h3-15,17,20,22,26H,16H2,1-2H3/t20?,22-/m1/s1. The summed E-state index contributed by atoms with van der Waals surface area (Å²) in [6.07, 6.45) is 6.05. The first-order valence-electron chi connectivity index (χ1n) is 9.53. The zero-order chi connectivity index (χ0) is 18.9. The number of hydrogen-bond donors (Lipinski definition) is 1. The average Bonchev–Trinajstić information content (AvgIpc) is 3.38. The Labute approximate surface area is 160 Å². The van der Waals surface area contributed by atoms with Crippen molar-refractivity contribution in [3.63, 3.8) is 0 Å². The number of allylic oxidation sites excluding steroid dienone is 2. The second kappa shape index (κ2) is 7.16. The van der Waals surface area contributed by atoms with E-state index in [0.29, 0.717) is 18.4 Å². The van der Waals surface area contributed by atoms with E-state index in [9.17, 15) is 5.11 Å². The highest BCUT2D eigenvalue weighted by Gasteiger charge is 2.43. The molecule has 1 N–H and O–H groups in total. The van der Waals surface area contributed by atoms with Crippen LogP contribution < -0.4 is 0 Å². The monoisotopic (exact) mass is 359 g/mol. The molecule has 2 atom stereocenters. The topological polar surface area (TPSA) is 41.8 Å². The van der Waals surface area contributed by atoms with E-state index in [4.69, 9.17) is 9.73 Å². The van der Waals surface area contributed by atoms with E-state index < -0.39 is 5.60 Å². The molecule has 1 unspecified atom stereocenters. The van der Waals surface area contributed by atoms with Crippen molar-refractivity contribution in [2.24, 2.45) is 16.8 Å². The minimum atomic E-state index is -1.24. The number of aliphatic imine (C=N–C) groups is 1. The number of hydrogen-bond acceptors (Lipinski definition) is 3. The molecule has 4 rings (SSSR count). The molecule has 3 nitrogen and oxygen atoms in total. The highest BCUT2D eigenvalue weighted by Crippen LogP contribution is 2.43. The molecule has 3 heteroatoms. The Hall–Kier alpha value is -2.65. The normalized spacial score (nSPS) is 21.9. The Morgan fingerprint density at radius 1 is 1.00 bits per heavy atom. The summed E-state index contributed by atoms with van der Waals surface area (Å²) in [6.45, 7) is 4.93. The fourth-order valence-corrected chi connectivity index (χ4v) is 3.82. The van der Waals surface area contributed by atoms with E-state index in [-0.39, 0.29) is 12.0 Å². The van der Waals surface area contributed by atoms with E-state index in [1.54, 1.807) is 0 Å². The van der Waals surface area contributed by atoms with Crippen LogP contribution in [0.1, 0.15) is 25.0 Å². The predicted octanol–water partition coefficient (Wildman–Crippen LogP) is 4.49. The number of ether oxygens (including phenoxy) is 1. The summed E-state index contributed by atoms with van der Waals surface area (Å²) < 4.78 is 5.95. The van der Waals surface area contributed by atoms with Gasteiger partial charge in [-0.05, 0) is 22.6 Å². The summed E-state index contributed by atoms with van der Waals surface area (Å²) in [7, 11) is 0. The summed E-state index contributed by atoms with van der Waals surface area (Å²) in [4.78, 5) is 4.81. The van der Waals surface area contributed by atoms with Gasteiger partial charge in [-0.2, -0.15) is 0 Å². The molecule has 0 amide bonds. The van der Waals surface area contributed by atoms with Crippen molar-refractivity contribution in [1.29, 1.82) is 0 Å². The Kier molecular flexibility index (Phi) is 4.71. The van der Waals surface area contributed by atoms with Crippen LogP contribution in [-0.2, 0) is 10.3 Å². The van der Waals surface area contributed by atoms with Crippen LogP contribution in [0.15, 0.2) is 89.5 Å². The van der Waals surface area contributed by atoms with Gasteiger partial charge in [-0.25, -0.2) is 4.99 Å². The quantitative estimate of drug-likeness (QED) is 0.855. The Bertz CT molecular complexity index is 842. The Morgan fingerprint density at radius 2 is 1.59 bits per heavy atom. The lowest BCUT2D eigenvalue weighted by molar-refractivity contribution is 0.114. The number of nitrogens with zero attached hydrogens (tertiary/aromatic N) is 1. The van der Waals surface area contributed by atoms with Crippen LogP contribution in [0.3, 0.4) is 0 Å². The summed E-state index contributed by atoms with van der Waals surface area (Å²) in [5, 5.41) is 12.0. The van der Waals surface area contributed by atoms with Gasteiger partial charge in [-0.1, -0.05) is 92.7 Å². The van der Waals surface area contributed by atoms with Crippen molar-refractivity contribution in [2.75, 3.05) is 6.61 Å². The highest BCUT2D eigenvalue weighted by molar-refractivity contribution is 5.87. The van der Waals surface area contributed by atoms with Gasteiger partial charge in [0.1, 0.15) is 12.2 Å². The Morgan fingerprint density at radius 3 is 2.11 bits per heavy atom. The van der Waals surface area contributed by atoms with Crippen LogP contribution in [0.2, 0.25) is 0 Å². The zero-order valence-electron chi connectivity index (χ0n) is 15.7. The van der Waals surface area contributed by atoms with Crippen LogP contribution in [0.4, 0.5) is 0 Å². The van der Waals surface area contributed by atoms with Crippen molar-refractivity contribution in [3.8, 4) is 0 Å². The second-order valence-corrected chi connectivity index (χ2v) is 7.52. The maximum atomic E-state index is 12.0.